The van der Waals surface area contributed by atoms with Crippen LogP contribution in [-0.2, 0) is 4.79 Å². The van der Waals surface area contributed by atoms with Crippen LogP contribution in [-0.4, -0.2) is 28.5 Å². The number of aromatic nitrogens is 2. The Morgan fingerprint density at radius 2 is 1.86 bits per heavy atom. The van der Waals surface area contributed by atoms with Gasteiger partial charge in [-0.05, 0) is 57.5 Å². The minimum absolute atomic E-state index is 0.241. The predicted octanol–water partition coefficient (Wildman–Crippen LogP) is 3.75. The molecule has 28 heavy (non-hydrogen) atoms. The molecule has 3 aromatic rings. The third-order valence-electron chi connectivity index (χ3n) is 4.89. The number of amides is 1. The number of carbonyl (C=O) groups is 1. The zero-order valence-corrected chi connectivity index (χ0v) is 16.8. The fraction of sp³-hybridized carbons (Fsp3) is 0.318. The molecule has 3 rings (SSSR count). The minimum atomic E-state index is -0.685. The number of benzene rings is 2. The van der Waals surface area contributed by atoms with Gasteiger partial charge in [0.15, 0.2) is 5.82 Å². The van der Waals surface area contributed by atoms with Gasteiger partial charge in [0.25, 0.3) is 5.56 Å². The molecular weight excluding hydrogens is 352 g/mol. The number of nitrogens with zero attached hydrogens (tertiary/aromatic N) is 3. The Morgan fingerprint density at radius 1 is 1.14 bits per heavy atom. The van der Waals surface area contributed by atoms with Crippen molar-refractivity contribution in [3.8, 4) is 0 Å². The topological polar surface area (TPSA) is 67.2 Å². The Bertz CT molecular complexity index is 1050. The number of hydrogen-bond donors (Lipinski definition) is 1. The molecule has 6 nitrogen and oxygen atoms in total. The Labute approximate surface area is 164 Å². The highest BCUT2D eigenvalue weighted by Gasteiger charge is 2.23. The van der Waals surface area contributed by atoms with E-state index in [0.717, 1.165) is 5.56 Å². The first-order chi connectivity index (χ1) is 13.5. The maximum absolute atomic E-state index is 13.3. The van der Waals surface area contributed by atoms with Crippen LogP contribution in [0.5, 0.6) is 0 Å². The van der Waals surface area contributed by atoms with E-state index in [-0.39, 0.29) is 11.5 Å². The van der Waals surface area contributed by atoms with Gasteiger partial charge in [0, 0.05) is 18.8 Å². The monoisotopic (exact) mass is 378 g/mol. The van der Waals surface area contributed by atoms with Gasteiger partial charge in [-0.2, -0.15) is 0 Å². The smallest absolute Gasteiger partial charge is 0.294 e. The van der Waals surface area contributed by atoms with Gasteiger partial charge in [0.05, 0.1) is 11.0 Å². The lowest BCUT2D eigenvalue weighted by Gasteiger charge is -2.23. The predicted molar refractivity (Wildman–Crippen MR) is 114 cm³/mol. The van der Waals surface area contributed by atoms with Crippen molar-refractivity contribution >= 4 is 28.4 Å². The maximum Gasteiger partial charge on any atom is 0.294 e. The molecule has 146 valence electrons. The van der Waals surface area contributed by atoms with Crippen molar-refractivity contribution < 1.29 is 4.79 Å². The molecule has 0 bridgehead atoms. The lowest BCUT2D eigenvalue weighted by atomic mass is 10.2. The fourth-order valence-electron chi connectivity index (χ4n) is 3.34. The van der Waals surface area contributed by atoms with Crippen molar-refractivity contribution in [1.82, 2.24) is 9.55 Å². The Balaban J connectivity index is 2.08. The molecule has 0 aliphatic heterocycles. The molecule has 0 aliphatic rings. The molecule has 0 saturated carbocycles. The molecule has 0 spiro atoms. The van der Waals surface area contributed by atoms with Gasteiger partial charge in [0.2, 0.25) is 5.91 Å². The van der Waals surface area contributed by atoms with Crippen molar-refractivity contribution in [2.24, 2.45) is 0 Å². The van der Waals surface area contributed by atoms with Gasteiger partial charge in [0.1, 0.15) is 6.04 Å². The van der Waals surface area contributed by atoms with Crippen LogP contribution in [0.2, 0.25) is 0 Å². The van der Waals surface area contributed by atoms with Gasteiger partial charge in [-0.1, -0.05) is 24.3 Å². The van der Waals surface area contributed by atoms with E-state index in [2.05, 4.69) is 10.3 Å². The molecule has 6 heteroatoms. The highest BCUT2D eigenvalue weighted by Crippen LogP contribution is 2.20. The molecule has 0 radical (unpaired) electrons. The SMILES string of the molecule is CCN(CC)c1nc2ccccc2n([C@@H](C)C(=O)Nc2cccc(C)c2)c1=O. The summed E-state index contributed by atoms with van der Waals surface area (Å²) in [6.45, 7) is 9.01. The number of anilines is 2. The molecule has 0 aliphatic carbocycles. The van der Waals surface area contributed by atoms with Crippen molar-refractivity contribution in [3.05, 3.63) is 64.4 Å². The summed E-state index contributed by atoms with van der Waals surface area (Å²) in [5, 5.41) is 2.92. The van der Waals surface area contributed by atoms with E-state index in [0.29, 0.717) is 35.6 Å². The molecular formula is C22H26N4O2. The van der Waals surface area contributed by atoms with E-state index in [9.17, 15) is 9.59 Å². The van der Waals surface area contributed by atoms with Gasteiger partial charge < -0.3 is 10.2 Å². The quantitative estimate of drug-likeness (QED) is 0.709. The third-order valence-corrected chi connectivity index (χ3v) is 4.89. The van der Waals surface area contributed by atoms with E-state index < -0.39 is 6.04 Å². The normalized spacial score (nSPS) is 12.0. The standard InChI is InChI=1S/C22H26N4O2/c1-5-25(6-2)20-22(28)26(19-13-8-7-12-18(19)24-20)16(4)21(27)23-17-11-9-10-15(3)14-17/h7-14,16H,5-6H2,1-4H3,(H,23,27)/t16-/m0/s1. The maximum atomic E-state index is 13.3. The molecule has 2 aromatic carbocycles. The van der Waals surface area contributed by atoms with Gasteiger partial charge >= 0.3 is 0 Å². The fourth-order valence-corrected chi connectivity index (χ4v) is 3.34. The number of fused-ring (bicyclic) bond motifs is 1. The van der Waals surface area contributed by atoms with E-state index in [1.807, 2.05) is 74.2 Å². The van der Waals surface area contributed by atoms with Crippen LogP contribution in [0.4, 0.5) is 11.5 Å². The van der Waals surface area contributed by atoms with Crippen molar-refractivity contribution in [3.63, 3.8) is 0 Å². The van der Waals surface area contributed by atoms with Crippen LogP contribution in [0.3, 0.4) is 0 Å². The number of para-hydroxylation sites is 2. The lowest BCUT2D eigenvalue weighted by molar-refractivity contribution is -0.118. The van der Waals surface area contributed by atoms with Crippen molar-refractivity contribution in [2.45, 2.75) is 33.7 Å². The second kappa shape index (κ2) is 8.25. The third kappa shape index (κ3) is 3.76. The van der Waals surface area contributed by atoms with Gasteiger partial charge in [-0.3, -0.25) is 14.2 Å². The van der Waals surface area contributed by atoms with Crippen LogP contribution in [0.1, 0.15) is 32.4 Å². The highest BCUT2D eigenvalue weighted by atomic mass is 16.2. The number of nitrogens with one attached hydrogen (secondary N) is 1. The average Bonchev–Trinajstić information content (AvgIpc) is 2.69. The highest BCUT2D eigenvalue weighted by molar-refractivity contribution is 5.94. The van der Waals surface area contributed by atoms with Crippen molar-refractivity contribution in [1.29, 1.82) is 0 Å². The summed E-state index contributed by atoms with van der Waals surface area (Å²) in [4.78, 5) is 32.7. The van der Waals surface area contributed by atoms with Crippen LogP contribution in [0.25, 0.3) is 11.0 Å². The van der Waals surface area contributed by atoms with Crippen LogP contribution in [0.15, 0.2) is 53.3 Å². The lowest BCUT2D eigenvalue weighted by Crippen LogP contribution is -2.37. The van der Waals surface area contributed by atoms with E-state index in [1.165, 1.54) is 0 Å². The van der Waals surface area contributed by atoms with E-state index in [1.54, 1.807) is 11.5 Å². The number of aryl methyl sites for hydroxylation is 1. The summed E-state index contributed by atoms with van der Waals surface area (Å²) in [5.41, 5.74) is 2.86. The van der Waals surface area contributed by atoms with Crippen LogP contribution < -0.4 is 15.8 Å². The minimum Gasteiger partial charge on any atom is -0.353 e. The molecule has 0 saturated heterocycles. The summed E-state index contributed by atoms with van der Waals surface area (Å²) in [6.07, 6.45) is 0. The molecule has 1 heterocycles. The Kier molecular flexibility index (Phi) is 5.78. The molecule has 1 aromatic heterocycles. The largest absolute Gasteiger partial charge is 0.353 e. The van der Waals surface area contributed by atoms with Crippen molar-refractivity contribution in [2.75, 3.05) is 23.3 Å². The van der Waals surface area contributed by atoms with Gasteiger partial charge in [-0.15, -0.1) is 0 Å². The van der Waals surface area contributed by atoms with Crippen LogP contribution >= 0.6 is 0 Å². The number of carbonyl (C=O) groups excluding carboxylic acids is 1. The summed E-state index contributed by atoms with van der Waals surface area (Å²) < 4.78 is 1.54. The average molecular weight is 378 g/mol. The van der Waals surface area contributed by atoms with Gasteiger partial charge in [-0.25, -0.2) is 4.98 Å². The molecule has 0 fully saturated rings. The Morgan fingerprint density at radius 3 is 2.54 bits per heavy atom. The molecule has 1 atom stereocenters. The first-order valence-corrected chi connectivity index (χ1v) is 9.60. The molecule has 1 amide bonds. The molecule has 0 unspecified atom stereocenters. The zero-order chi connectivity index (χ0) is 20.3. The summed E-state index contributed by atoms with van der Waals surface area (Å²) in [5.74, 6) is 0.133. The first-order valence-electron chi connectivity index (χ1n) is 9.60. The second-order valence-electron chi connectivity index (χ2n) is 6.81. The zero-order valence-electron chi connectivity index (χ0n) is 16.8. The Hall–Kier alpha value is -3.15. The second-order valence-corrected chi connectivity index (χ2v) is 6.81. The first kappa shape index (κ1) is 19.6. The van der Waals surface area contributed by atoms with E-state index in [4.69, 9.17) is 0 Å². The number of hydrogen-bond acceptors (Lipinski definition) is 4. The van der Waals surface area contributed by atoms with E-state index >= 15 is 0 Å². The van der Waals surface area contributed by atoms with Crippen LogP contribution in [0, 0.1) is 6.92 Å². The molecule has 1 N–H and O–H groups in total. The summed E-state index contributed by atoms with van der Waals surface area (Å²) in [7, 11) is 0. The summed E-state index contributed by atoms with van der Waals surface area (Å²) >= 11 is 0. The summed E-state index contributed by atoms with van der Waals surface area (Å²) in [6, 6.07) is 14.3. The number of rotatable bonds is 6.